The second kappa shape index (κ2) is 11.6. The van der Waals surface area contributed by atoms with Gasteiger partial charge < -0.3 is 14.2 Å². The monoisotopic (exact) mass is 354 g/mol. The van der Waals surface area contributed by atoms with Crippen LogP contribution in [0.2, 0.25) is 0 Å². The van der Waals surface area contributed by atoms with Crippen LogP contribution in [0.1, 0.15) is 24.5 Å². The fourth-order valence-electron chi connectivity index (χ4n) is 2.71. The highest BCUT2D eigenvalue weighted by atomic mass is 16.5. The predicted octanol–water partition coefficient (Wildman–Crippen LogP) is 5.02. The Balaban J connectivity index is 1.89. The first kappa shape index (κ1) is 20.4. The van der Waals surface area contributed by atoms with Crippen LogP contribution in [-0.2, 0) is 27.4 Å². The Bertz CT molecular complexity index is 564. The molecule has 0 aromatic heterocycles. The summed E-state index contributed by atoms with van der Waals surface area (Å²) in [6.45, 7) is 9.42. The highest BCUT2D eigenvalue weighted by Crippen LogP contribution is 2.25. The van der Waals surface area contributed by atoms with E-state index in [4.69, 9.17) is 14.2 Å². The van der Waals surface area contributed by atoms with E-state index in [1.54, 1.807) is 6.08 Å². The maximum absolute atomic E-state index is 6.02. The third-order valence-corrected chi connectivity index (χ3v) is 4.43. The van der Waals surface area contributed by atoms with Gasteiger partial charge in [0, 0.05) is 5.41 Å². The number of benzene rings is 2. The summed E-state index contributed by atoms with van der Waals surface area (Å²) in [5.74, 6) is 0. The minimum absolute atomic E-state index is 0.160. The van der Waals surface area contributed by atoms with Crippen LogP contribution in [0.5, 0.6) is 0 Å². The van der Waals surface area contributed by atoms with E-state index in [2.05, 4.69) is 37.8 Å². The van der Waals surface area contributed by atoms with E-state index in [1.165, 1.54) is 11.1 Å². The first-order chi connectivity index (χ1) is 12.8. The molecular formula is C23H30O3. The van der Waals surface area contributed by atoms with Crippen molar-refractivity contribution < 1.29 is 14.2 Å². The molecule has 0 amide bonds. The molecule has 26 heavy (non-hydrogen) atoms. The van der Waals surface area contributed by atoms with Crippen LogP contribution in [0.3, 0.4) is 0 Å². The van der Waals surface area contributed by atoms with Crippen LogP contribution >= 0.6 is 0 Å². The molecule has 140 valence electrons. The van der Waals surface area contributed by atoms with Gasteiger partial charge in [-0.2, -0.15) is 0 Å². The molecule has 0 aliphatic heterocycles. The summed E-state index contributed by atoms with van der Waals surface area (Å²) in [6, 6.07) is 20.5. The van der Waals surface area contributed by atoms with Crippen LogP contribution in [0.15, 0.2) is 73.3 Å². The lowest BCUT2D eigenvalue weighted by Crippen LogP contribution is -2.36. The van der Waals surface area contributed by atoms with E-state index < -0.39 is 0 Å². The molecule has 2 aromatic carbocycles. The first-order valence-corrected chi connectivity index (χ1v) is 9.20. The smallest absolute Gasteiger partial charge is 0.0717 e. The molecule has 0 aliphatic carbocycles. The van der Waals surface area contributed by atoms with Gasteiger partial charge in [0.15, 0.2) is 0 Å². The number of hydrogen-bond donors (Lipinski definition) is 0. The van der Waals surface area contributed by atoms with Gasteiger partial charge in [0.2, 0.25) is 0 Å². The van der Waals surface area contributed by atoms with Crippen molar-refractivity contribution in [2.24, 2.45) is 5.41 Å². The van der Waals surface area contributed by atoms with Gasteiger partial charge in [-0.25, -0.2) is 0 Å². The zero-order valence-electron chi connectivity index (χ0n) is 15.7. The highest BCUT2D eigenvalue weighted by Gasteiger charge is 2.29. The SMILES string of the molecule is C=CCOCC(CC)(COCc1ccccc1)COCc1ccccc1. The molecule has 3 nitrogen and oxygen atoms in total. The first-order valence-electron chi connectivity index (χ1n) is 9.20. The quantitative estimate of drug-likeness (QED) is 0.373. The average Bonchev–Trinajstić information content (AvgIpc) is 2.69. The molecule has 0 heterocycles. The van der Waals surface area contributed by atoms with Crippen molar-refractivity contribution in [3.05, 3.63) is 84.4 Å². The molecule has 0 radical (unpaired) electrons. The van der Waals surface area contributed by atoms with E-state index >= 15 is 0 Å². The van der Waals surface area contributed by atoms with Gasteiger partial charge in [-0.05, 0) is 17.5 Å². The molecule has 0 bridgehead atoms. The van der Waals surface area contributed by atoms with Crippen molar-refractivity contribution in [3.8, 4) is 0 Å². The molecule has 3 heteroatoms. The molecule has 0 saturated heterocycles. The van der Waals surface area contributed by atoms with Crippen molar-refractivity contribution in [2.75, 3.05) is 26.4 Å². The molecule has 0 saturated carbocycles. The molecule has 2 aromatic rings. The lowest BCUT2D eigenvalue weighted by atomic mass is 9.88. The summed E-state index contributed by atoms with van der Waals surface area (Å²) >= 11 is 0. The van der Waals surface area contributed by atoms with Crippen molar-refractivity contribution in [3.63, 3.8) is 0 Å². The summed E-state index contributed by atoms with van der Waals surface area (Å²) in [5, 5.41) is 0. The number of rotatable bonds is 13. The number of ether oxygens (including phenoxy) is 3. The predicted molar refractivity (Wildman–Crippen MR) is 106 cm³/mol. The Morgan fingerprint density at radius 1 is 0.769 bits per heavy atom. The zero-order chi connectivity index (χ0) is 18.5. The molecule has 0 atom stereocenters. The third-order valence-electron chi connectivity index (χ3n) is 4.43. The lowest BCUT2D eigenvalue weighted by molar-refractivity contribution is -0.0747. The summed E-state index contributed by atoms with van der Waals surface area (Å²) in [6.07, 6.45) is 2.70. The molecule has 2 rings (SSSR count). The Hall–Kier alpha value is -1.94. The normalized spacial score (nSPS) is 11.4. The zero-order valence-corrected chi connectivity index (χ0v) is 15.7. The topological polar surface area (TPSA) is 27.7 Å². The van der Waals surface area contributed by atoms with Crippen molar-refractivity contribution >= 4 is 0 Å². The maximum atomic E-state index is 6.02. The van der Waals surface area contributed by atoms with Gasteiger partial charge in [-0.1, -0.05) is 73.7 Å². The highest BCUT2D eigenvalue weighted by molar-refractivity contribution is 5.14. The van der Waals surface area contributed by atoms with Crippen molar-refractivity contribution in [1.82, 2.24) is 0 Å². The standard InChI is InChI=1S/C23H30O3/c1-3-15-24-18-23(4-2,19-25-16-21-11-7-5-8-12-21)20-26-17-22-13-9-6-10-14-22/h3,5-14H,1,4,15-20H2,2H3. The Morgan fingerprint density at radius 2 is 1.23 bits per heavy atom. The van der Waals surface area contributed by atoms with Crippen LogP contribution < -0.4 is 0 Å². The molecular weight excluding hydrogens is 324 g/mol. The minimum atomic E-state index is -0.160. The third kappa shape index (κ3) is 7.12. The van der Waals surface area contributed by atoms with E-state index in [-0.39, 0.29) is 5.41 Å². The maximum Gasteiger partial charge on any atom is 0.0717 e. The van der Waals surface area contributed by atoms with E-state index in [0.29, 0.717) is 39.6 Å². The van der Waals surface area contributed by atoms with Crippen LogP contribution in [0, 0.1) is 5.41 Å². The van der Waals surface area contributed by atoms with Gasteiger partial charge in [-0.15, -0.1) is 6.58 Å². The van der Waals surface area contributed by atoms with Crippen LogP contribution in [0.4, 0.5) is 0 Å². The second-order valence-corrected chi connectivity index (χ2v) is 6.61. The van der Waals surface area contributed by atoms with Crippen LogP contribution in [0.25, 0.3) is 0 Å². The van der Waals surface area contributed by atoms with Crippen molar-refractivity contribution in [1.29, 1.82) is 0 Å². The minimum Gasteiger partial charge on any atom is -0.377 e. The Labute approximate surface area is 157 Å². The van der Waals surface area contributed by atoms with E-state index in [0.717, 1.165) is 6.42 Å². The molecule has 0 aliphatic rings. The molecule has 0 fully saturated rings. The van der Waals surface area contributed by atoms with E-state index in [9.17, 15) is 0 Å². The van der Waals surface area contributed by atoms with Gasteiger partial charge >= 0.3 is 0 Å². The summed E-state index contributed by atoms with van der Waals surface area (Å²) in [7, 11) is 0. The van der Waals surface area contributed by atoms with Gasteiger partial charge in [0.1, 0.15) is 0 Å². The van der Waals surface area contributed by atoms with Gasteiger partial charge in [0.25, 0.3) is 0 Å². The lowest BCUT2D eigenvalue weighted by Gasteiger charge is -2.32. The molecule has 0 N–H and O–H groups in total. The number of hydrogen-bond acceptors (Lipinski definition) is 3. The summed E-state index contributed by atoms with van der Waals surface area (Å²) in [4.78, 5) is 0. The largest absolute Gasteiger partial charge is 0.377 e. The second-order valence-electron chi connectivity index (χ2n) is 6.61. The summed E-state index contributed by atoms with van der Waals surface area (Å²) in [5.41, 5.74) is 2.19. The Morgan fingerprint density at radius 3 is 1.65 bits per heavy atom. The fourth-order valence-corrected chi connectivity index (χ4v) is 2.71. The van der Waals surface area contributed by atoms with Gasteiger partial charge in [0.05, 0.1) is 39.6 Å². The fraction of sp³-hybridized carbons (Fsp3) is 0.391. The molecule has 0 unspecified atom stereocenters. The van der Waals surface area contributed by atoms with Crippen LogP contribution in [-0.4, -0.2) is 26.4 Å². The van der Waals surface area contributed by atoms with Gasteiger partial charge in [-0.3, -0.25) is 0 Å². The Kier molecular flexibility index (Phi) is 9.11. The average molecular weight is 354 g/mol. The molecule has 0 spiro atoms. The summed E-state index contributed by atoms with van der Waals surface area (Å²) < 4.78 is 17.8. The van der Waals surface area contributed by atoms with Crippen molar-refractivity contribution in [2.45, 2.75) is 26.6 Å². The van der Waals surface area contributed by atoms with E-state index in [1.807, 2.05) is 36.4 Å².